The Labute approximate surface area is 110 Å². The minimum atomic E-state index is 0.473. The van der Waals surface area contributed by atoms with Crippen LogP contribution >= 0.6 is 22.9 Å². The van der Waals surface area contributed by atoms with Crippen LogP contribution in [0.1, 0.15) is 30.9 Å². The molecular weight excluding hydrogens is 254 g/mol. The number of aromatic nitrogens is 1. The van der Waals surface area contributed by atoms with Crippen molar-refractivity contribution in [1.82, 2.24) is 4.98 Å². The summed E-state index contributed by atoms with van der Waals surface area (Å²) in [6.45, 7) is 6.46. The number of benzene rings is 1. The lowest BCUT2D eigenvalue weighted by atomic mass is 9.98. The molecule has 0 radical (unpaired) electrons. The Morgan fingerprint density at radius 2 is 2.12 bits per heavy atom. The van der Waals surface area contributed by atoms with Gasteiger partial charge in [0.1, 0.15) is 10.9 Å². The topological polar surface area (TPSA) is 22.1 Å². The van der Waals surface area contributed by atoms with Gasteiger partial charge < -0.3 is 4.74 Å². The van der Waals surface area contributed by atoms with Gasteiger partial charge in [0.15, 0.2) is 0 Å². The fourth-order valence-corrected chi connectivity index (χ4v) is 2.55. The molecule has 0 aliphatic heterocycles. The zero-order valence-electron chi connectivity index (χ0n) is 10.0. The van der Waals surface area contributed by atoms with Gasteiger partial charge >= 0.3 is 0 Å². The Morgan fingerprint density at radius 1 is 1.35 bits per heavy atom. The second kappa shape index (κ2) is 5.07. The van der Waals surface area contributed by atoms with Crippen molar-refractivity contribution < 1.29 is 4.74 Å². The Hall–Kier alpha value is -1.06. The molecule has 0 aliphatic rings. The molecular formula is C13H14ClNOS. The standard InChI is InChI=1S/C13H14ClNOS/c1-8(2)11-5-4-10(6-9(11)3)16-13-15-12(14)7-17-13/h4-8H,1-3H3. The summed E-state index contributed by atoms with van der Waals surface area (Å²) in [6.07, 6.45) is 0. The minimum Gasteiger partial charge on any atom is -0.431 e. The number of ether oxygens (including phenoxy) is 1. The number of aryl methyl sites for hydroxylation is 1. The summed E-state index contributed by atoms with van der Waals surface area (Å²) in [4.78, 5) is 4.05. The van der Waals surface area contributed by atoms with E-state index in [2.05, 4.69) is 31.8 Å². The largest absolute Gasteiger partial charge is 0.431 e. The first-order chi connectivity index (χ1) is 8.06. The number of thiazole rings is 1. The first-order valence-electron chi connectivity index (χ1n) is 5.45. The van der Waals surface area contributed by atoms with Crippen molar-refractivity contribution in [2.24, 2.45) is 0 Å². The maximum atomic E-state index is 5.74. The lowest BCUT2D eigenvalue weighted by molar-refractivity contribution is 0.478. The molecule has 0 aliphatic carbocycles. The average Bonchev–Trinajstić information content (AvgIpc) is 2.63. The molecule has 0 fully saturated rings. The van der Waals surface area contributed by atoms with Crippen molar-refractivity contribution in [2.45, 2.75) is 26.7 Å². The fraction of sp³-hybridized carbons (Fsp3) is 0.308. The molecule has 0 bridgehead atoms. The van der Waals surface area contributed by atoms with Gasteiger partial charge in [-0.05, 0) is 36.1 Å². The predicted molar refractivity (Wildman–Crippen MR) is 72.5 cm³/mol. The van der Waals surface area contributed by atoms with E-state index in [0.717, 1.165) is 5.75 Å². The highest BCUT2D eigenvalue weighted by Gasteiger charge is 2.07. The zero-order chi connectivity index (χ0) is 12.4. The molecule has 0 atom stereocenters. The Morgan fingerprint density at radius 3 is 2.65 bits per heavy atom. The fourth-order valence-electron chi connectivity index (χ4n) is 1.75. The van der Waals surface area contributed by atoms with Crippen molar-refractivity contribution in [3.63, 3.8) is 0 Å². The SMILES string of the molecule is Cc1cc(Oc2nc(Cl)cs2)ccc1C(C)C. The quantitative estimate of drug-likeness (QED) is 0.779. The molecule has 0 saturated heterocycles. The molecule has 1 heterocycles. The van der Waals surface area contributed by atoms with Gasteiger partial charge in [0.2, 0.25) is 0 Å². The van der Waals surface area contributed by atoms with Crippen molar-refractivity contribution in [2.75, 3.05) is 0 Å². The Kier molecular flexibility index (Phi) is 3.69. The predicted octanol–water partition coefficient (Wildman–Crippen LogP) is 5.02. The molecule has 90 valence electrons. The van der Waals surface area contributed by atoms with Gasteiger partial charge in [-0.3, -0.25) is 0 Å². The number of rotatable bonds is 3. The van der Waals surface area contributed by atoms with Gasteiger partial charge in [-0.25, -0.2) is 0 Å². The second-order valence-electron chi connectivity index (χ2n) is 4.21. The average molecular weight is 268 g/mol. The van der Waals surface area contributed by atoms with E-state index < -0.39 is 0 Å². The third kappa shape index (κ3) is 2.99. The summed E-state index contributed by atoms with van der Waals surface area (Å²) in [7, 11) is 0. The number of hydrogen-bond acceptors (Lipinski definition) is 3. The summed E-state index contributed by atoms with van der Waals surface area (Å²) < 4.78 is 5.64. The van der Waals surface area contributed by atoms with Gasteiger partial charge in [-0.1, -0.05) is 42.9 Å². The van der Waals surface area contributed by atoms with Crippen LogP contribution in [0.15, 0.2) is 23.6 Å². The molecule has 0 unspecified atom stereocenters. The van der Waals surface area contributed by atoms with Crippen molar-refractivity contribution in [1.29, 1.82) is 0 Å². The maximum absolute atomic E-state index is 5.74. The highest BCUT2D eigenvalue weighted by Crippen LogP contribution is 2.29. The molecule has 1 aromatic heterocycles. The van der Waals surface area contributed by atoms with Crippen LogP contribution in [-0.2, 0) is 0 Å². The molecule has 4 heteroatoms. The molecule has 17 heavy (non-hydrogen) atoms. The van der Waals surface area contributed by atoms with E-state index in [1.165, 1.54) is 22.5 Å². The molecule has 2 rings (SSSR count). The highest BCUT2D eigenvalue weighted by molar-refractivity contribution is 7.11. The first kappa shape index (κ1) is 12.4. The molecule has 2 aromatic rings. The van der Waals surface area contributed by atoms with Crippen molar-refractivity contribution >= 4 is 22.9 Å². The van der Waals surface area contributed by atoms with E-state index in [1.54, 1.807) is 5.38 Å². The Balaban J connectivity index is 2.20. The van der Waals surface area contributed by atoms with Gasteiger partial charge in [0.05, 0.1) is 0 Å². The van der Waals surface area contributed by atoms with Crippen molar-refractivity contribution in [3.8, 4) is 10.9 Å². The summed E-state index contributed by atoms with van der Waals surface area (Å²) in [5.41, 5.74) is 2.58. The minimum absolute atomic E-state index is 0.473. The van der Waals surface area contributed by atoms with E-state index in [0.29, 0.717) is 16.3 Å². The molecule has 0 saturated carbocycles. The summed E-state index contributed by atoms with van der Waals surface area (Å²) in [6, 6.07) is 6.10. The lowest BCUT2D eigenvalue weighted by Crippen LogP contribution is -1.92. The van der Waals surface area contributed by atoms with Gasteiger partial charge in [-0.2, -0.15) is 4.98 Å². The normalized spacial score (nSPS) is 10.9. The van der Waals surface area contributed by atoms with Crippen LogP contribution in [0.5, 0.6) is 10.9 Å². The van der Waals surface area contributed by atoms with Crippen LogP contribution in [0.4, 0.5) is 0 Å². The van der Waals surface area contributed by atoms with Crippen LogP contribution in [0.2, 0.25) is 5.15 Å². The van der Waals surface area contributed by atoms with Crippen LogP contribution in [0.25, 0.3) is 0 Å². The van der Waals surface area contributed by atoms with Crippen LogP contribution in [0, 0.1) is 6.92 Å². The third-order valence-electron chi connectivity index (χ3n) is 2.52. The van der Waals surface area contributed by atoms with E-state index in [4.69, 9.17) is 16.3 Å². The van der Waals surface area contributed by atoms with E-state index >= 15 is 0 Å². The molecule has 0 N–H and O–H groups in total. The van der Waals surface area contributed by atoms with Gasteiger partial charge in [0, 0.05) is 5.38 Å². The number of nitrogens with zero attached hydrogens (tertiary/aromatic N) is 1. The maximum Gasteiger partial charge on any atom is 0.280 e. The molecule has 2 nitrogen and oxygen atoms in total. The summed E-state index contributed by atoms with van der Waals surface area (Å²) >= 11 is 7.14. The molecule has 0 amide bonds. The van der Waals surface area contributed by atoms with E-state index in [1.807, 2.05) is 12.1 Å². The molecule has 1 aromatic carbocycles. The van der Waals surface area contributed by atoms with E-state index in [9.17, 15) is 0 Å². The van der Waals surface area contributed by atoms with Gasteiger partial charge in [0.25, 0.3) is 5.19 Å². The smallest absolute Gasteiger partial charge is 0.280 e. The Bertz CT molecular complexity index is 522. The first-order valence-corrected chi connectivity index (χ1v) is 6.71. The molecule has 0 spiro atoms. The highest BCUT2D eigenvalue weighted by atomic mass is 35.5. The van der Waals surface area contributed by atoms with Crippen LogP contribution in [-0.4, -0.2) is 4.98 Å². The van der Waals surface area contributed by atoms with Crippen molar-refractivity contribution in [3.05, 3.63) is 39.9 Å². The zero-order valence-corrected chi connectivity index (χ0v) is 11.6. The van der Waals surface area contributed by atoms with Gasteiger partial charge in [-0.15, -0.1) is 0 Å². The number of hydrogen-bond donors (Lipinski definition) is 0. The lowest BCUT2D eigenvalue weighted by Gasteiger charge is -2.11. The van der Waals surface area contributed by atoms with Crippen LogP contribution < -0.4 is 4.74 Å². The number of halogens is 1. The second-order valence-corrected chi connectivity index (χ2v) is 5.42. The van der Waals surface area contributed by atoms with Crippen LogP contribution in [0.3, 0.4) is 0 Å². The summed E-state index contributed by atoms with van der Waals surface area (Å²) in [5, 5.41) is 2.80. The monoisotopic (exact) mass is 267 g/mol. The summed E-state index contributed by atoms with van der Waals surface area (Å²) in [5.74, 6) is 1.33. The third-order valence-corrected chi connectivity index (χ3v) is 3.56. The van der Waals surface area contributed by atoms with E-state index in [-0.39, 0.29) is 0 Å².